The van der Waals surface area contributed by atoms with Crippen LogP contribution in [0.25, 0.3) is 22.3 Å². The van der Waals surface area contributed by atoms with Gasteiger partial charge in [-0.3, -0.25) is 4.79 Å². The molecule has 4 rings (SSSR count). The molecule has 0 unspecified atom stereocenters. The van der Waals surface area contributed by atoms with Gasteiger partial charge < -0.3 is 19.5 Å². The van der Waals surface area contributed by atoms with Gasteiger partial charge in [0.25, 0.3) is 0 Å². The Kier molecular flexibility index (Phi) is 9.24. The number of fused-ring (bicyclic) bond motifs is 1. The highest BCUT2D eigenvalue weighted by Crippen LogP contribution is 2.27. The van der Waals surface area contributed by atoms with Crippen LogP contribution in [0.3, 0.4) is 0 Å². The summed E-state index contributed by atoms with van der Waals surface area (Å²) in [6.45, 7) is 5.27. The molecule has 166 valence electrons. The van der Waals surface area contributed by atoms with E-state index in [1.165, 1.54) is 38.4 Å². The summed E-state index contributed by atoms with van der Waals surface area (Å²) >= 11 is 0. The van der Waals surface area contributed by atoms with Crippen molar-refractivity contribution in [3.8, 4) is 11.3 Å². The molecule has 31 heavy (non-hydrogen) atoms. The van der Waals surface area contributed by atoms with Crippen molar-refractivity contribution in [3.63, 3.8) is 0 Å². The van der Waals surface area contributed by atoms with E-state index in [0.29, 0.717) is 17.9 Å². The molecule has 6 nitrogen and oxygen atoms in total. The van der Waals surface area contributed by atoms with Crippen molar-refractivity contribution >= 4 is 29.3 Å². The number of carbonyl (C=O) groups is 1. The fraction of sp³-hybridized carbons (Fsp3) is 0.333. The van der Waals surface area contributed by atoms with Crippen molar-refractivity contribution < 1.29 is 19.4 Å². The van der Waals surface area contributed by atoms with E-state index in [2.05, 4.69) is 4.90 Å². The van der Waals surface area contributed by atoms with Gasteiger partial charge in [0.2, 0.25) is 0 Å². The van der Waals surface area contributed by atoms with Gasteiger partial charge in [0, 0.05) is 17.7 Å². The number of para-hydroxylation sites is 1. The van der Waals surface area contributed by atoms with E-state index in [1.807, 2.05) is 30.3 Å². The SMILES string of the molecule is Cc1c(-c2ccccc2)oc2c(C(=O)O)cccc2c1=O.Cl.OCCN1CCCCC1. The number of aromatic carboxylic acids is 1. The number of rotatable bonds is 4. The van der Waals surface area contributed by atoms with Crippen LogP contribution in [-0.2, 0) is 0 Å². The van der Waals surface area contributed by atoms with Gasteiger partial charge in [-0.2, -0.15) is 0 Å². The molecule has 0 spiro atoms. The predicted molar refractivity (Wildman–Crippen MR) is 124 cm³/mol. The molecule has 0 bridgehead atoms. The maximum absolute atomic E-state index is 12.4. The van der Waals surface area contributed by atoms with Gasteiger partial charge in [0.05, 0.1) is 12.0 Å². The summed E-state index contributed by atoms with van der Waals surface area (Å²) < 4.78 is 5.77. The van der Waals surface area contributed by atoms with Gasteiger partial charge in [-0.1, -0.05) is 42.8 Å². The highest BCUT2D eigenvalue weighted by molar-refractivity contribution is 6.01. The first-order valence-electron chi connectivity index (χ1n) is 10.2. The summed E-state index contributed by atoms with van der Waals surface area (Å²) in [6.07, 6.45) is 4.02. The lowest BCUT2D eigenvalue weighted by molar-refractivity contribution is 0.0698. The maximum atomic E-state index is 12.4. The molecular formula is C24H28ClNO5. The number of hydrogen-bond donors (Lipinski definition) is 2. The average molecular weight is 446 g/mol. The first-order chi connectivity index (χ1) is 14.5. The first kappa shape index (κ1) is 24.6. The van der Waals surface area contributed by atoms with Crippen molar-refractivity contribution in [3.05, 3.63) is 69.9 Å². The highest BCUT2D eigenvalue weighted by Gasteiger charge is 2.17. The topological polar surface area (TPSA) is 91.0 Å². The Morgan fingerprint density at radius 1 is 1.03 bits per heavy atom. The molecule has 3 aromatic rings. The van der Waals surface area contributed by atoms with Crippen LogP contribution >= 0.6 is 12.4 Å². The lowest BCUT2D eigenvalue weighted by atomic mass is 10.0. The molecular weight excluding hydrogens is 418 g/mol. The monoisotopic (exact) mass is 445 g/mol. The molecule has 1 aliphatic rings. The molecule has 2 aromatic carbocycles. The van der Waals surface area contributed by atoms with Crippen LogP contribution in [0.5, 0.6) is 0 Å². The largest absolute Gasteiger partial charge is 0.478 e. The number of carboxylic acid groups (broad SMARTS) is 1. The van der Waals surface area contributed by atoms with E-state index in [-0.39, 0.29) is 34.4 Å². The number of halogens is 1. The third kappa shape index (κ3) is 5.94. The molecule has 1 saturated heterocycles. The van der Waals surface area contributed by atoms with Crippen molar-refractivity contribution in [2.45, 2.75) is 26.2 Å². The highest BCUT2D eigenvalue weighted by atomic mass is 35.5. The van der Waals surface area contributed by atoms with E-state index in [1.54, 1.807) is 19.1 Å². The Labute approximate surface area is 187 Å². The van der Waals surface area contributed by atoms with E-state index >= 15 is 0 Å². The molecule has 0 amide bonds. The molecule has 2 heterocycles. The fourth-order valence-electron chi connectivity index (χ4n) is 3.67. The van der Waals surface area contributed by atoms with Gasteiger partial charge in [-0.05, 0) is 45.0 Å². The Morgan fingerprint density at radius 2 is 1.71 bits per heavy atom. The normalized spacial score (nSPS) is 13.7. The van der Waals surface area contributed by atoms with E-state index in [9.17, 15) is 14.7 Å². The van der Waals surface area contributed by atoms with Crippen LogP contribution < -0.4 is 5.43 Å². The molecule has 0 aliphatic carbocycles. The number of piperidine rings is 1. The summed E-state index contributed by atoms with van der Waals surface area (Å²) in [5.74, 6) is -0.714. The molecule has 0 atom stereocenters. The lowest BCUT2D eigenvalue weighted by Crippen LogP contribution is -2.31. The zero-order valence-corrected chi connectivity index (χ0v) is 18.4. The van der Waals surface area contributed by atoms with Gasteiger partial charge >= 0.3 is 5.97 Å². The van der Waals surface area contributed by atoms with E-state index < -0.39 is 5.97 Å². The second-order valence-corrected chi connectivity index (χ2v) is 7.36. The molecule has 1 aromatic heterocycles. The average Bonchev–Trinajstić information content (AvgIpc) is 2.78. The van der Waals surface area contributed by atoms with Crippen molar-refractivity contribution in [2.24, 2.45) is 0 Å². The smallest absolute Gasteiger partial charge is 0.339 e. The molecule has 7 heteroatoms. The minimum absolute atomic E-state index is 0. The number of hydrogen-bond acceptors (Lipinski definition) is 5. The second-order valence-electron chi connectivity index (χ2n) is 7.36. The number of nitrogens with zero attached hydrogens (tertiary/aromatic N) is 1. The van der Waals surface area contributed by atoms with Crippen LogP contribution in [0, 0.1) is 6.92 Å². The summed E-state index contributed by atoms with van der Waals surface area (Å²) in [5, 5.41) is 18.1. The van der Waals surface area contributed by atoms with Crippen LogP contribution in [0.1, 0.15) is 35.2 Å². The standard InChI is InChI=1S/C17H12O4.C7H15NO.ClH/c1-10-14(18)12-8-5-9-13(17(19)20)16(12)21-15(10)11-6-3-2-4-7-11;9-7-6-8-4-2-1-3-5-8;/h2-9H,1H3,(H,19,20);9H,1-7H2;1H. The quantitative estimate of drug-likeness (QED) is 0.620. The molecule has 2 N–H and O–H groups in total. The predicted octanol–water partition coefficient (Wildman–Crippen LogP) is 4.35. The zero-order valence-electron chi connectivity index (χ0n) is 17.5. The van der Waals surface area contributed by atoms with Crippen LogP contribution in [0.15, 0.2) is 57.7 Å². The van der Waals surface area contributed by atoms with Gasteiger partial charge in [-0.25, -0.2) is 4.79 Å². The first-order valence-corrected chi connectivity index (χ1v) is 10.2. The van der Waals surface area contributed by atoms with Gasteiger partial charge in [0.15, 0.2) is 11.0 Å². The van der Waals surface area contributed by atoms with Crippen LogP contribution in [0.2, 0.25) is 0 Å². The van der Waals surface area contributed by atoms with Gasteiger partial charge in [-0.15, -0.1) is 12.4 Å². The number of carboxylic acids is 1. The Balaban J connectivity index is 0.000000289. The molecule has 1 fully saturated rings. The Hall–Kier alpha value is -2.67. The summed E-state index contributed by atoms with van der Waals surface area (Å²) in [7, 11) is 0. The fourth-order valence-corrected chi connectivity index (χ4v) is 3.67. The summed E-state index contributed by atoms with van der Waals surface area (Å²) in [4.78, 5) is 26.1. The minimum atomic E-state index is -1.12. The number of likely N-dealkylation sites (tertiary alicyclic amines) is 1. The number of benzene rings is 2. The number of aliphatic hydroxyl groups excluding tert-OH is 1. The van der Waals surface area contributed by atoms with Crippen LogP contribution in [-0.4, -0.2) is 47.3 Å². The summed E-state index contributed by atoms with van der Waals surface area (Å²) in [6, 6.07) is 13.7. The van der Waals surface area contributed by atoms with Gasteiger partial charge in [0.1, 0.15) is 11.3 Å². The van der Waals surface area contributed by atoms with E-state index in [0.717, 1.165) is 12.1 Å². The molecule has 1 aliphatic heterocycles. The van der Waals surface area contributed by atoms with Crippen LogP contribution in [0.4, 0.5) is 0 Å². The molecule has 0 radical (unpaired) electrons. The molecule has 0 saturated carbocycles. The van der Waals surface area contributed by atoms with Crippen molar-refractivity contribution in [1.29, 1.82) is 0 Å². The third-order valence-corrected chi connectivity index (χ3v) is 5.28. The third-order valence-electron chi connectivity index (χ3n) is 5.28. The Morgan fingerprint density at radius 3 is 2.32 bits per heavy atom. The zero-order chi connectivity index (χ0) is 21.5. The Bertz CT molecular complexity index is 1060. The number of β-amino-alcohol motifs (C(OH)–C–C–N with tert-alkyl or cyclic N) is 1. The van der Waals surface area contributed by atoms with Crippen molar-refractivity contribution in [2.75, 3.05) is 26.2 Å². The van der Waals surface area contributed by atoms with Crippen molar-refractivity contribution in [1.82, 2.24) is 4.90 Å². The lowest BCUT2D eigenvalue weighted by Gasteiger charge is -2.25. The minimum Gasteiger partial charge on any atom is -0.478 e. The number of aliphatic hydroxyl groups is 1. The second kappa shape index (κ2) is 11.6. The summed E-state index contributed by atoms with van der Waals surface area (Å²) in [5.41, 5.74) is 1.10. The van der Waals surface area contributed by atoms with E-state index in [4.69, 9.17) is 9.52 Å². The maximum Gasteiger partial charge on any atom is 0.339 e.